The Hall–Kier alpha value is -2.09. The van der Waals surface area contributed by atoms with Crippen molar-refractivity contribution in [2.24, 2.45) is 0 Å². The molecule has 150 valence electrons. The molecule has 0 radical (unpaired) electrons. The third kappa shape index (κ3) is 5.47. The van der Waals surface area contributed by atoms with Crippen LogP contribution in [0.2, 0.25) is 5.02 Å². The molecule has 0 heterocycles. The first-order chi connectivity index (χ1) is 13.4. The summed E-state index contributed by atoms with van der Waals surface area (Å²) < 4.78 is 34.1. The van der Waals surface area contributed by atoms with Crippen LogP contribution in [0, 0.1) is 0 Å². The number of carbonyl (C=O) groups excluding carboxylic acids is 1. The van der Waals surface area contributed by atoms with Crippen LogP contribution < -0.4 is 14.8 Å². The molecule has 1 amide bonds. The molecule has 8 heteroatoms. The fourth-order valence-corrected chi connectivity index (χ4v) is 4.39. The lowest BCUT2D eigenvalue weighted by Gasteiger charge is -2.20. The van der Waals surface area contributed by atoms with Crippen LogP contribution in [0.3, 0.4) is 0 Å². The van der Waals surface area contributed by atoms with Crippen LogP contribution in [-0.2, 0) is 21.2 Å². The molecular formula is C20H23ClN2O4S. The van der Waals surface area contributed by atoms with Crippen molar-refractivity contribution in [3.63, 3.8) is 0 Å². The fraction of sp³-hybridized carbons (Fsp3) is 0.350. The first-order valence-corrected chi connectivity index (χ1v) is 11.0. The summed E-state index contributed by atoms with van der Waals surface area (Å²) in [5, 5.41) is 3.15. The van der Waals surface area contributed by atoms with Crippen LogP contribution in [0.25, 0.3) is 0 Å². The third-order valence-corrected chi connectivity index (χ3v) is 6.04. The summed E-state index contributed by atoms with van der Waals surface area (Å²) in [7, 11) is -4.04. The molecule has 0 saturated heterocycles. The number of amides is 1. The number of sulfonamides is 1. The molecule has 3 rings (SSSR count). The largest absolute Gasteiger partial charge is 0.492 e. The van der Waals surface area contributed by atoms with Crippen molar-refractivity contribution in [3.05, 3.63) is 59.1 Å². The fourth-order valence-electron chi connectivity index (χ4n) is 2.78. The van der Waals surface area contributed by atoms with Crippen LogP contribution in [0.5, 0.6) is 5.75 Å². The van der Waals surface area contributed by atoms with Crippen molar-refractivity contribution in [1.29, 1.82) is 0 Å². The van der Waals surface area contributed by atoms with Gasteiger partial charge in [0, 0.05) is 11.1 Å². The lowest BCUT2D eigenvalue weighted by Crippen LogP contribution is -2.48. The highest BCUT2D eigenvalue weighted by Crippen LogP contribution is 2.28. The van der Waals surface area contributed by atoms with E-state index in [9.17, 15) is 13.2 Å². The van der Waals surface area contributed by atoms with Gasteiger partial charge in [0.05, 0.1) is 6.61 Å². The molecule has 1 aliphatic carbocycles. The molecule has 1 atom stereocenters. The second-order valence-electron chi connectivity index (χ2n) is 6.67. The molecular weight excluding hydrogens is 400 g/mol. The molecule has 2 N–H and O–H groups in total. The van der Waals surface area contributed by atoms with Gasteiger partial charge >= 0.3 is 0 Å². The first-order valence-electron chi connectivity index (χ1n) is 9.18. The lowest BCUT2D eigenvalue weighted by atomic mass is 10.1. The molecule has 6 nitrogen and oxygen atoms in total. The Morgan fingerprint density at radius 2 is 1.93 bits per heavy atom. The summed E-state index contributed by atoms with van der Waals surface area (Å²) in [5.41, 5.74) is 0.859. The maximum atomic E-state index is 13.1. The molecule has 1 fully saturated rings. The van der Waals surface area contributed by atoms with E-state index in [-0.39, 0.29) is 34.0 Å². The first kappa shape index (κ1) is 20.6. The maximum absolute atomic E-state index is 13.1. The smallest absolute Gasteiger partial charge is 0.245 e. The number of ether oxygens (including phenoxy) is 1. The van der Waals surface area contributed by atoms with Gasteiger partial charge in [0.1, 0.15) is 16.7 Å². The topological polar surface area (TPSA) is 84.5 Å². The number of benzene rings is 2. The molecule has 1 aliphatic rings. The van der Waals surface area contributed by atoms with Gasteiger partial charge in [-0.25, -0.2) is 8.42 Å². The lowest BCUT2D eigenvalue weighted by molar-refractivity contribution is -0.122. The minimum Gasteiger partial charge on any atom is -0.492 e. The summed E-state index contributed by atoms with van der Waals surface area (Å²) >= 11 is 6.00. The zero-order valence-electron chi connectivity index (χ0n) is 15.5. The molecule has 0 bridgehead atoms. The molecule has 1 unspecified atom stereocenters. The minimum atomic E-state index is -4.04. The summed E-state index contributed by atoms with van der Waals surface area (Å²) in [6.07, 6.45) is 2.07. The normalized spacial score (nSPS) is 15.1. The van der Waals surface area contributed by atoms with Gasteiger partial charge in [-0.2, -0.15) is 4.72 Å². The molecule has 1 saturated carbocycles. The standard InChI is InChI=1S/C20H23ClN2O4S/c1-2-27-18-11-8-15(21)13-19(18)28(25,26)23-17(20(24)22-16-9-10-16)12-14-6-4-3-5-7-14/h3-8,11,13,16-17,23H,2,9-10,12H2,1H3,(H,22,24). The van der Waals surface area contributed by atoms with Crippen molar-refractivity contribution in [3.8, 4) is 5.75 Å². The van der Waals surface area contributed by atoms with Gasteiger partial charge in [-0.1, -0.05) is 41.9 Å². The second-order valence-corrected chi connectivity index (χ2v) is 8.79. The minimum absolute atomic E-state index is 0.0841. The Morgan fingerprint density at radius 1 is 1.21 bits per heavy atom. The highest BCUT2D eigenvalue weighted by atomic mass is 35.5. The Bertz CT molecular complexity index is 930. The van der Waals surface area contributed by atoms with Crippen LogP contribution in [0.1, 0.15) is 25.3 Å². The Balaban J connectivity index is 1.87. The zero-order chi connectivity index (χ0) is 20.1. The van der Waals surface area contributed by atoms with Crippen molar-refractivity contribution in [2.45, 2.75) is 43.2 Å². The molecule has 0 aromatic heterocycles. The summed E-state index contributed by atoms with van der Waals surface area (Å²) in [6, 6.07) is 12.9. The average molecular weight is 423 g/mol. The Kier molecular flexibility index (Phi) is 6.59. The molecule has 2 aromatic carbocycles. The van der Waals surface area contributed by atoms with Crippen molar-refractivity contribution >= 4 is 27.5 Å². The van der Waals surface area contributed by atoms with Crippen molar-refractivity contribution in [1.82, 2.24) is 10.0 Å². The van der Waals surface area contributed by atoms with E-state index in [4.69, 9.17) is 16.3 Å². The van der Waals surface area contributed by atoms with Crippen molar-refractivity contribution in [2.75, 3.05) is 6.61 Å². The number of hydrogen-bond donors (Lipinski definition) is 2. The van der Waals surface area contributed by atoms with Gasteiger partial charge < -0.3 is 10.1 Å². The van der Waals surface area contributed by atoms with E-state index >= 15 is 0 Å². The highest BCUT2D eigenvalue weighted by Gasteiger charge is 2.32. The van der Waals surface area contributed by atoms with Crippen LogP contribution in [0.4, 0.5) is 0 Å². The number of carbonyl (C=O) groups is 1. The quantitative estimate of drug-likeness (QED) is 0.650. The van der Waals surface area contributed by atoms with Crippen LogP contribution in [-0.4, -0.2) is 33.0 Å². The number of halogens is 1. The third-order valence-electron chi connectivity index (χ3n) is 4.32. The molecule has 0 spiro atoms. The van der Waals surface area contributed by atoms with E-state index in [0.29, 0.717) is 6.61 Å². The van der Waals surface area contributed by atoms with Gasteiger partial charge in [-0.15, -0.1) is 0 Å². The average Bonchev–Trinajstić information content (AvgIpc) is 3.47. The Morgan fingerprint density at radius 3 is 2.57 bits per heavy atom. The molecule has 28 heavy (non-hydrogen) atoms. The summed E-state index contributed by atoms with van der Waals surface area (Å²) in [4.78, 5) is 12.6. The SMILES string of the molecule is CCOc1ccc(Cl)cc1S(=O)(=O)NC(Cc1ccccc1)C(=O)NC1CC1. The van der Waals surface area contributed by atoms with Crippen LogP contribution >= 0.6 is 11.6 Å². The van der Waals surface area contributed by atoms with E-state index in [1.807, 2.05) is 30.3 Å². The Labute approximate surface area is 170 Å². The second kappa shape index (κ2) is 8.94. The van der Waals surface area contributed by atoms with Crippen LogP contribution in [0.15, 0.2) is 53.4 Å². The van der Waals surface area contributed by atoms with Gasteiger partial charge in [0.25, 0.3) is 0 Å². The van der Waals surface area contributed by atoms with Gasteiger partial charge in [0.15, 0.2) is 0 Å². The van der Waals surface area contributed by atoms with E-state index in [1.54, 1.807) is 13.0 Å². The molecule has 2 aromatic rings. The zero-order valence-corrected chi connectivity index (χ0v) is 17.1. The molecule has 0 aliphatic heterocycles. The van der Waals surface area contributed by atoms with E-state index in [1.165, 1.54) is 12.1 Å². The van der Waals surface area contributed by atoms with Crippen molar-refractivity contribution < 1.29 is 17.9 Å². The summed E-state index contributed by atoms with van der Waals surface area (Å²) in [5.74, 6) is -0.143. The summed E-state index contributed by atoms with van der Waals surface area (Å²) in [6.45, 7) is 2.07. The number of rotatable bonds is 9. The van der Waals surface area contributed by atoms with E-state index in [2.05, 4.69) is 10.0 Å². The highest BCUT2D eigenvalue weighted by molar-refractivity contribution is 7.89. The van der Waals surface area contributed by atoms with Gasteiger partial charge in [-0.05, 0) is 49.9 Å². The predicted octanol–water partition coefficient (Wildman–Crippen LogP) is 2.91. The predicted molar refractivity (Wildman–Crippen MR) is 108 cm³/mol. The van der Waals surface area contributed by atoms with Gasteiger partial charge in [-0.3, -0.25) is 4.79 Å². The van der Waals surface area contributed by atoms with E-state index < -0.39 is 16.1 Å². The van der Waals surface area contributed by atoms with Gasteiger partial charge in [0.2, 0.25) is 15.9 Å². The monoisotopic (exact) mass is 422 g/mol. The number of hydrogen-bond acceptors (Lipinski definition) is 4. The van der Waals surface area contributed by atoms with E-state index in [0.717, 1.165) is 18.4 Å². The maximum Gasteiger partial charge on any atom is 0.245 e. The number of nitrogens with one attached hydrogen (secondary N) is 2.